The van der Waals surface area contributed by atoms with Crippen molar-refractivity contribution in [2.24, 2.45) is 0 Å². The van der Waals surface area contributed by atoms with Gasteiger partial charge in [0.25, 0.3) is 0 Å². The second-order valence-corrected chi connectivity index (χ2v) is 5.54. The van der Waals surface area contributed by atoms with Gasteiger partial charge < -0.3 is 10.6 Å². The van der Waals surface area contributed by atoms with Crippen molar-refractivity contribution in [2.45, 2.75) is 25.4 Å². The van der Waals surface area contributed by atoms with Crippen molar-refractivity contribution in [2.75, 3.05) is 32.9 Å². The minimum absolute atomic E-state index is 0.668. The molecule has 2 N–H and O–H groups in total. The third-order valence-corrected chi connectivity index (χ3v) is 3.92. The molecule has 4 nitrogen and oxygen atoms in total. The maximum atomic E-state index is 5.62. The molecule has 0 radical (unpaired) electrons. The molecular formula is C11H20N4S. The van der Waals surface area contributed by atoms with Crippen molar-refractivity contribution in [3.8, 4) is 0 Å². The van der Waals surface area contributed by atoms with E-state index in [1.807, 2.05) is 5.38 Å². The normalized spacial score (nSPS) is 22.1. The van der Waals surface area contributed by atoms with Crippen LogP contribution in [0.4, 0.5) is 5.13 Å². The third-order valence-electron chi connectivity index (χ3n) is 3.20. The molecule has 0 aromatic carbocycles. The highest BCUT2D eigenvalue weighted by Gasteiger charge is 2.22. The average Bonchev–Trinajstić information content (AvgIpc) is 2.77. The van der Waals surface area contributed by atoms with E-state index in [9.17, 15) is 0 Å². The maximum absolute atomic E-state index is 5.62. The molecule has 1 aromatic heterocycles. The summed E-state index contributed by atoms with van der Waals surface area (Å²) in [4.78, 5) is 9.07. The largest absolute Gasteiger partial charge is 0.375 e. The van der Waals surface area contributed by atoms with Gasteiger partial charge in [0, 0.05) is 24.5 Å². The van der Waals surface area contributed by atoms with E-state index in [2.05, 4.69) is 28.9 Å². The SMILES string of the molecule is CN(Cc1csc(N)n1)CC1CCCN1C. The van der Waals surface area contributed by atoms with Crippen LogP contribution in [-0.2, 0) is 6.54 Å². The first kappa shape index (κ1) is 11.8. The van der Waals surface area contributed by atoms with Gasteiger partial charge in [-0.2, -0.15) is 0 Å². The number of nitrogens with zero attached hydrogens (tertiary/aromatic N) is 3. The average molecular weight is 240 g/mol. The molecule has 1 aromatic rings. The summed E-state index contributed by atoms with van der Waals surface area (Å²) in [5.41, 5.74) is 6.71. The van der Waals surface area contributed by atoms with Gasteiger partial charge in [0.2, 0.25) is 0 Å². The Hall–Kier alpha value is -0.650. The van der Waals surface area contributed by atoms with Gasteiger partial charge in [0.15, 0.2) is 5.13 Å². The molecule has 2 rings (SSSR count). The fourth-order valence-corrected chi connectivity index (χ4v) is 2.86. The minimum atomic E-state index is 0.668. The highest BCUT2D eigenvalue weighted by Crippen LogP contribution is 2.17. The number of nitrogens with two attached hydrogens (primary N) is 1. The first-order valence-corrected chi connectivity index (χ1v) is 6.62. The molecule has 1 saturated heterocycles. The molecule has 0 amide bonds. The quantitative estimate of drug-likeness (QED) is 0.860. The number of anilines is 1. The summed E-state index contributed by atoms with van der Waals surface area (Å²) < 4.78 is 0. The molecule has 1 fully saturated rings. The van der Waals surface area contributed by atoms with Crippen molar-refractivity contribution < 1.29 is 0 Å². The molecule has 2 heterocycles. The van der Waals surface area contributed by atoms with E-state index in [0.717, 1.165) is 18.8 Å². The molecule has 0 aliphatic carbocycles. The second-order valence-electron chi connectivity index (χ2n) is 4.65. The highest BCUT2D eigenvalue weighted by atomic mass is 32.1. The van der Waals surface area contributed by atoms with Gasteiger partial charge in [0.05, 0.1) is 5.69 Å². The fraction of sp³-hybridized carbons (Fsp3) is 0.727. The molecule has 1 atom stereocenters. The van der Waals surface area contributed by atoms with E-state index in [4.69, 9.17) is 5.73 Å². The maximum Gasteiger partial charge on any atom is 0.180 e. The molecule has 1 aliphatic heterocycles. The molecule has 0 bridgehead atoms. The molecular weight excluding hydrogens is 220 g/mol. The summed E-state index contributed by atoms with van der Waals surface area (Å²) in [6.45, 7) is 3.26. The molecule has 1 unspecified atom stereocenters. The van der Waals surface area contributed by atoms with Crippen LogP contribution in [-0.4, -0.2) is 48.0 Å². The number of thiazole rings is 1. The Morgan fingerprint density at radius 3 is 3.06 bits per heavy atom. The third kappa shape index (κ3) is 2.93. The van der Waals surface area contributed by atoms with E-state index < -0.39 is 0 Å². The Bertz CT molecular complexity index is 338. The number of nitrogen functional groups attached to an aromatic ring is 1. The highest BCUT2D eigenvalue weighted by molar-refractivity contribution is 7.13. The van der Waals surface area contributed by atoms with Gasteiger partial charge in [-0.1, -0.05) is 0 Å². The Balaban J connectivity index is 1.82. The first-order chi connectivity index (χ1) is 7.65. The molecule has 0 spiro atoms. The van der Waals surface area contributed by atoms with E-state index in [-0.39, 0.29) is 0 Å². The molecule has 0 saturated carbocycles. The Labute approximate surface area is 101 Å². The van der Waals surface area contributed by atoms with Crippen molar-refractivity contribution in [3.63, 3.8) is 0 Å². The van der Waals surface area contributed by atoms with Crippen molar-refractivity contribution in [3.05, 3.63) is 11.1 Å². The van der Waals surface area contributed by atoms with E-state index in [0.29, 0.717) is 11.2 Å². The summed E-state index contributed by atoms with van der Waals surface area (Å²) in [7, 11) is 4.37. The predicted molar refractivity (Wildman–Crippen MR) is 68.5 cm³/mol. The molecule has 16 heavy (non-hydrogen) atoms. The van der Waals surface area contributed by atoms with Crippen LogP contribution in [0.1, 0.15) is 18.5 Å². The van der Waals surface area contributed by atoms with Gasteiger partial charge >= 0.3 is 0 Å². The monoisotopic (exact) mass is 240 g/mol. The van der Waals surface area contributed by atoms with Gasteiger partial charge in [-0.25, -0.2) is 4.98 Å². The zero-order valence-electron chi connectivity index (χ0n) is 10.0. The van der Waals surface area contributed by atoms with Crippen LogP contribution < -0.4 is 5.73 Å². The lowest BCUT2D eigenvalue weighted by Crippen LogP contribution is -2.36. The molecule has 90 valence electrons. The Morgan fingerprint density at radius 2 is 2.50 bits per heavy atom. The topological polar surface area (TPSA) is 45.4 Å². The Morgan fingerprint density at radius 1 is 1.69 bits per heavy atom. The number of aromatic nitrogens is 1. The van der Waals surface area contributed by atoms with Crippen LogP contribution in [0.2, 0.25) is 0 Å². The van der Waals surface area contributed by atoms with Gasteiger partial charge in [0.1, 0.15) is 0 Å². The van der Waals surface area contributed by atoms with Crippen molar-refractivity contribution >= 4 is 16.5 Å². The number of hydrogen-bond acceptors (Lipinski definition) is 5. The predicted octanol–water partition coefficient (Wildman–Crippen LogP) is 1.25. The summed E-state index contributed by atoms with van der Waals surface area (Å²) in [5, 5.41) is 2.71. The lowest BCUT2D eigenvalue weighted by atomic mass is 10.2. The van der Waals surface area contributed by atoms with Crippen LogP contribution in [0.15, 0.2) is 5.38 Å². The second kappa shape index (κ2) is 5.12. The Kier molecular flexibility index (Phi) is 3.78. The van der Waals surface area contributed by atoms with E-state index in [1.165, 1.54) is 30.7 Å². The first-order valence-electron chi connectivity index (χ1n) is 5.74. The lowest BCUT2D eigenvalue weighted by Gasteiger charge is -2.25. The van der Waals surface area contributed by atoms with Crippen molar-refractivity contribution in [1.29, 1.82) is 0 Å². The summed E-state index contributed by atoms with van der Waals surface area (Å²) in [5.74, 6) is 0. The summed E-state index contributed by atoms with van der Waals surface area (Å²) in [6, 6.07) is 0.709. The lowest BCUT2D eigenvalue weighted by molar-refractivity contribution is 0.214. The van der Waals surface area contributed by atoms with Crippen molar-refractivity contribution in [1.82, 2.24) is 14.8 Å². The van der Waals surface area contributed by atoms with Crippen LogP contribution >= 0.6 is 11.3 Å². The number of hydrogen-bond donors (Lipinski definition) is 1. The number of rotatable bonds is 4. The minimum Gasteiger partial charge on any atom is -0.375 e. The van der Waals surface area contributed by atoms with E-state index >= 15 is 0 Å². The fourth-order valence-electron chi connectivity index (χ4n) is 2.31. The summed E-state index contributed by atoms with van der Waals surface area (Å²) >= 11 is 1.52. The number of likely N-dealkylation sites (tertiary alicyclic amines) is 1. The zero-order chi connectivity index (χ0) is 11.5. The van der Waals surface area contributed by atoms with Gasteiger partial charge in [-0.05, 0) is 33.5 Å². The number of likely N-dealkylation sites (N-methyl/N-ethyl adjacent to an activating group) is 2. The van der Waals surface area contributed by atoms with Crippen LogP contribution in [0.5, 0.6) is 0 Å². The van der Waals surface area contributed by atoms with Gasteiger partial charge in [-0.3, -0.25) is 4.90 Å². The smallest absolute Gasteiger partial charge is 0.180 e. The zero-order valence-corrected chi connectivity index (χ0v) is 10.8. The van der Waals surface area contributed by atoms with Crippen LogP contribution in [0.25, 0.3) is 0 Å². The van der Waals surface area contributed by atoms with Crippen LogP contribution in [0.3, 0.4) is 0 Å². The van der Waals surface area contributed by atoms with Gasteiger partial charge in [-0.15, -0.1) is 11.3 Å². The van der Waals surface area contributed by atoms with Crippen LogP contribution in [0, 0.1) is 0 Å². The molecule has 1 aliphatic rings. The summed E-state index contributed by atoms with van der Waals surface area (Å²) in [6.07, 6.45) is 2.65. The standard InChI is InChI=1S/C11H20N4S/c1-14(6-9-8-16-11(12)13-9)7-10-4-3-5-15(10)2/h8,10H,3-7H2,1-2H3,(H2,12,13). The van der Waals surface area contributed by atoms with E-state index in [1.54, 1.807) is 0 Å². The molecule has 5 heteroatoms.